The van der Waals surface area contributed by atoms with Crippen molar-refractivity contribution in [1.82, 2.24) is 0 Å². The number of carbonyl (C=O) groups excluding carboxylic acids is 2. The molecule has 1 aromatic heterocycles. The molecule has 0 fully saturated rings. The lowest BCUT2D eigenvalue weighted by Crippen LogP contribution is -2.20. The molecular formula is C14H15N3O3. The lowest BCUT2D eigenvalue weighted by atomic mass is 10.0. The first kappa shape index (κ1) is 13.8. The molecule has 2 amide bonds. The highest BCUT2D eigenvalue weighted by Crippen LogP contribution is 2.21. The van der Waals surface area contributed by atoms with E-state index in [1.165, 1.54) is 12.3 Å². The molecule has 0 aliphatic rings. The number of hydrogen-bond acceptors (Lipinski definition) is 4. The zero-order valence-corrected chi connectivity index (χ0v) is 10.8. The number of primary amides is 1. The van der Waals surface area contributed by atoms with E-state index in [4.69, 9.17) is 15.9 Å². The van der Waals surface area contributed by atoms with E-state index in [1.807, 2.05) is 0 Å². The Morgan fingerprint density at radius 1 is 1.20 bits per heavy atom. The molecule has 6 heteroatoms. The second-order valence-corrected chi connectivity index (χ2v) is 4.17. The Balaban J connectivity index is 2.33. The van der Waals surface area contributed by atoms with Crippen molar-refractivity contribution in [3.63, 3.8) is 0 Å². The van der Waals surface area contributed by atoms with E-state index in [0.29, 0.717) is 24.2 Å². The minimum Gasteiger partial charge on any atom is -0.459 e. The molecule has 0 unspecified atom stereocenters. The SMILES string of the molecule is NCCc1cccc(NC(=O)c2ccco2)c1C(N)=O. The van der Waals surface area contributed by atoms with Gasteiger partial charge in [0.05, 0.1) is 17.5 Å². The van der Waals surface area contributed by atoms with Crippen molar-refractivity contribution in [2.24, 2.45) is 11.5 Å². The number of furan rings is 1. The van der Waals surface area contributed by atoms with Crippen molar-refractivity contribution in [2.45, 2.75) is 6.42 Å². The number of hydrogen-bond donors (Lipinski definition) is 3. The lowest BCUT2D eigenvalue weighted by Gasteiger charge is -2.12. The van der Waals surface area contributed by atoms with Gasteiger partial charge in [0.1, 0.15) is 0 Å². The molecule has 0 saturated carbocycles. The summed E-state index contributed by atoms with van der Waals surface area (Å²) in [5.41, 5.74) is 12.2. The monoisotopic (exact) mass is 273 g/mol. The summed E-state index contributed by atoms with van der Waals surface area (Å²) in [5, 5.41) is 2.62. The van der Waals surface area contributed by atoms with Gasteiger partial charge in [0.15, 0.2) is 5.76 Å². The molecule has 104 valence electrons. The number of carbonyl (C=O) groups is 2. The van der Waals surface area contributed by atoms with Crippen LogP contribution in [0.2, 0.25) is 0 Å². The molecule has 6 nitrogen and oxygen atoms in total. The van der Waals surface area contributed by atoms with E-state index >= 15 is 0 Å². The quantitative estimate of drug-likeness (QED) is 0.758. The van der Waals surface area contributed by atoms with Gasteiger partial charge in [0.25, 0.3) is 11.8 Å². The summed E-state index contributed by atoms with van der Waals surface area (Å²) in [6.07, 6.45) is 1.90. The number of nitrogens with one attached hydrogen (secondary N) is 1. The van der Waals surface area contributed by atoms with Crippen LogP contribution in [0.4, 0.5) is 5.69 Å². The molecule has 0 spiro atoms. The van der Waals surface area contributed by atoms with Crippen LogP contribution in [0.3, 0.4) is 0 Å². The molecule has 2 aromatic rings. The summed E-state index contributed by atoms with van der Waals surface area (Å²) in [7, 11) is 0. The standard InChI is InChI=1S/C14H15N3O3/c15-7-6-9-3-1-4-10(12(9)13(16)18)17-14(19)11-5-2-8-20-11/h1-5,8H,6-7,15H2,(H2,16,18)(H,17,19). The number of anilines is 1. The fourth-order valence-corrected chi connectivity index (χ4v) is 1.95. The first-order chi connectivity index (χ1) is 9.63. The normalized spacial score (nSPS) is 10.2. The second-order valence-electron chi connectivity index (χ2n) is 4.17. The third-order valence-corrected chi connectivity index (χ3v) is 2.80. The third kappa shape index (κ3) is 2.86. The van der Waals surface area contributed by atoms with Gasteiger partial charge in [-0.25, -0.2) is 0 Å². The first-order valence-electron chi connectivity index (χ1n) is 6.10. The number of rotatable bonds is 5. The summed E-state index contributed by atoms with van der Waals surface area (Å²) in [6.45, 7) is 0.385. The molecule has 0 aliphatic carbocycles. The zero-order valence-electron chi connectivity index (χ0n) is 10.8. The minimum absolute atomic E-state index is 0.157. The van der Waals surface area contributed by atoms with Crippen LogP contribution in [0.25, 0.3) is 0 Å². The Kier molecular flexibility index (Phi) is 4.17. The molecule has 0 aliphatic heterocycles. The molecule has 1 heterocycles. The molecule has 0 saturated heterocycles. The first-order valence-corrected chi connectivity index (χ1v) is 6.10. The van der Waals surface area contributed by atoms with Crippen LogP contribution in [0.15, 0.2) is 41.0 Å². The summed E-state index contributed by atoms with van der Waals surface area (Å²) in [4.78, 5) is 23.5. The van der Waals surface area contributed by atoms with E-state index in [2.05, 4.69) is 5.32 Å². The van der Waals surface area contributed by atoms with Crippen LogP contribution >= 0.6 is 0 Å². The van der Waals surface area contributed by atoms with Crippen molar-refractivity contribution < 1.29 is 14.0 Å². The number of amides is 2. The second kappa shape index (κ2) is 6.03. The minimum atomic E-state index is -0.608. The van der Waals surface area contributed by atoms with Crippen LogP contribution in [-0.4, -0.2) is 18.4 Å². The van der Waals surface area contributed by atoms with Crippen molar-refractivity contribution in [1.29, 1.82) is 0 Å². The predicted octanol–water partition coefficient (Wildman–Crippen LogP) is 1.13. The average Bonchev–Trinajstić information content (AvgIpc) is 2.92. The fraction of sp³-hybridized carbons (Fsp3) is 0.143. The van der Waals surface area contributed by atoms with E-state index in [0.717, 1.165) is 0 Å². The summed E-state index contributed by atoms with van der Waals surface area (Å²) < 4.78 is 5.00. The third-order valence-electron chi connectivity index (χ3n) is 2.80. The van der Waals surface area contributed by atoms with E-state index < -0.39 is 11.8 Å². The molecule has 1 aromatic carbocycles. The van der Waals surface area contributed by atoms with E-state index in [9.17, 15) is 9.59 Å². The van der Waals surface area contributed by atoms with Crippen molar-refractivity contribution in [2.75, 3.05) is 11.9 Å². The molecule has 20 heavy (non-hydrogen) atoms. The molecule has 0 bridgehead atoms. The maximum Gasteiger partial charge on any atom is 0.291 e. The lowest BCUT2D eigenvalue weighted by molar-refractivity contribution is 0.0996. The smallest absolute Gasteiger partial charge is 0.291 e. The van der Waals surface area contributed by atoms with Crippen LogP contribution in [0.1, 0.15) is 26.5 Å². The molecule has 2 rings (SSSR count). The average molecular weight is 273 g/mol. The Morgan fingerprint density at radius 2 is 2.00 bits per heavy atom. The van der Waals surface area contributed by atoms with Crippen molar-refractivity contribution in [3.05, 3.63) is 53.5 Å². The van der Waals surface area contributed by atoms with Crippen LogP contribution in [0, 0.1) is 0 Å². The summed E-state index contributed by atoms with van der Waals surface area (Å²) >= 11 is 0. The van der Waals surface area contributed by atoms with Gasteiger partial charge in [-0.05, 0) is 36.7 Å². The zero-order chi connectivity index (χ0) is 14.5. The van der Waals surface area contributed by atoms with Gasteiger partial charge in [0, 0.05) is 0 Å². The van der Waals surface area contributed by atoms with E-state index in [-0.39, 0.29) is 11.3 Å². The Bertz CT molecular complexity index is 621. The van der Waals surface area contributed by atoms with Crippen LogP contribution < -0.4 is 16.8 Å². The highest BCUT2D eigenvalue weighted by atomic mass is 16.3. The molecular weight excluding hydrogens is 258 g/mol. The summed E-state index contributed by atoms with van der Waals surface area (Å²) in [6, 6.07) is 8.24. The number of nitrogens with two attached hydrogens (primary N) is 2. The summed E-state index contributed by atoms with van der Waals surface area (Å²) in [5.74, 6) is -0.893. The van der Waals surface area contributed by atoms with Gasteiger partial charge >= 0.3 is 0 Å². The number of benzene rings is 1. The van der Waals surface area contributed by atoms with Crippen molar-refractivity contribution in [3.8, 4) is 0 Å². The molecule has 0 atom stereocenters. The maximum absolute atomic E-state index is 11.9. The van der Waals surface area contributed by atoms with E-state index in [1.54, 1.807) is 24.3 Å². The van der Waals surface area contributed by atoms with Gasteiger partial charge in [-0.1, -0.05) is 12.1 Å². The van der Waals surface area contributed by atoms with Gasteiger partial charge in [-0.3, -0.25) is 9.59 Å². The van der Waals surface area contributed by atoms with Crippen LogP contribution in [0.5, 0.6) is 0 Å². The molecule has 5 N–H and O–H groups in total. The van der Waals surface area contributed by atoms with Gasteiger partial charge in [0.2, 0.25) is 0 Å². The Morgan fingerprint density at radius 3 is 2.60 bits per heavy atom. The molecule has 0 radical (unpaired) electrons. The fourth-order valence-electron chi connectivity index (χ4n) is 1.95. The maximum atomic E-state index is 11.9. The Labute approximate surface area is 115 Å². The predicted molar refractivity (Wildman–Crippen MR) is 74.4 cm³/mol. The van der Waals surface area contributed by atoms with Gasteiger partial charge in [-0.2, -0.15) is 0 Å². The van der Waals surface area contributed by atoms with Crippen molar-refractivity contribution >= 4 is 17.5 Å². The largest absolute Gasteiger partial charge is 0.459 e. The van der Waals surface area contributed by atoms with Gasteiger partial charge in [-0.15, -0.1) is 0 Å². The van der Waals surface area contributed by atoms with Crippen LogP contribution in [-0.2, 0) is 6.42 Å². The Hall–Kier alpha value is -2.60. The highest BCUT2D eigenvalue weighted by Gasteiger charge is 2.16. The van der Waals surface area contributed by atoms with Gasteiger partial charge < -0.3 is 21.2 Å². The topological polar surface area (TPSA) is 111 Å². The highest BCUT2D eigenvalue weighted by molar-refractivity contribution is 6.08.